The number of hydrogen-bond donors (Lipinski definition) is 1. The Labute approximate surface area is 97.8 Å². The van der Waals surface area contributed by atoms with E-state index in [1.807, 2.05) is 12.1 Å². The van der Waals surface area contributed by atoms with Crippen molar-refractivity contribution in [2.75, 3.05) is 7.11 Å². The monoisotopic (exact) mass is 219 g/mol. The molecule has 2 heteroatoms. The number of benzene rings is 1. The maximum absolute atomic E-state index is 6.43. The van der Waals surface area contributed by atoms with Gasteiger partial charge in [-0.2, -0.15) is 0 Å². The molecular formula is C14H21NO. The molecule has 1 saturated carbocycles. The third-order valence-corrected chi connectivity index (χ3v) is 3.56. The molecule has 0 saturated heterocycles. The summed E-state index contributed by atoms with van der Waals surface area (Å²) in [4.78, 5) is 0. The smallest absolute Gasteiger partial charge is 0.118 e. The zero-order valence-corrected chi connectivity index (χ0v) is 10.0. The predicted molar refractivity (Wildman–Crippen MR) is 66.7 cm³/mol. The van der Waals surface area contributed by atoms with Crippen LogP contribution in [0, 0.1) is 0 Å². The minimum absolute atomic E-state index is 0.0346. The van der Waals surface area contributed by atoms with Gasteiger partial charge in [-0.05, 0) is 37.0 Å². The fourth-order valence-corrected chi connectivity index (χ4v) is 2.58. The summed E-state index contributed by atoms with van der Waals surface area (Å²) in [6.07, 6.45) is 7.25. The molecule has 0 aliphatic heterocycles. The van der Waals surface area contributed by atoms with E-state index in [-0.39, 0.29) is 5.54 Å². The minimum atomic E-state index is 0.0346. The lowest BCUT2D eigenvalue weighted by molar-refractivity contribution is 0.294. The Morgan fingerprint density at radius 1 is 1.12 bits per heavy atom. The SMILES string of the molecule is COc1ccc(CC2(N)CCCCC2)cc1. The number of ether oxygens (including phenoxy) is 1. The van der Waals surface area contributed by atoms with Crippen LogP contribution in [0.15, 0.2) is 24.3 Å². The van der Waals surface area contributed by atoms with Gasteiger partial charge in [-0.1, -0.05) is 31.4 Å². The van der Waals surface area contributed by atoms with E-state index in [2.05, 4.69) is 12.1 Å². The van der Waals surface area contributed by atoms with Crippen molar-refractivity contribution in [1.29, 1.82) is 0 Å². The highest BCUT2D eigenvalue weighted by atomic mass is 16.5. The Morgan fingerprint density at radius 2 is 1.75 bits per heavy atom. The molecule has 0 radical (unpaired) electrons. The molecule has 1 aromatic carbocycles. The van der Waals surface area contributed by atoms with Gasteiger partial charge in [0, 0.05) is 5.54 Å². The Balaban J connectivity index is 2.01. The molecule has 0 atom stereocenters. The molecule has 1 fully saturated rings. The minimum Gasteiger partial charge on any atom is -0.497 e. The molecule has 0 heterocycles. The Kier molecular flexibility index (Phi) is 3.49. The van der Waals surface area contributed by atoms with Gasteiger partial charge in [-0.15, -0.1) is 0 Å². The van der Waals surface area contributed by atoms with Gasteiger partial charge in [0.2, 0.25) is 0 Å². The summed E-state index contributed by atoms with van der Waals surface area (Å²) < 4.78 is 5.15. The molecule has 1 aromatic rings. The van der Waals surface area contributed by atoms with Crippen LogP contribution in [-0.2, 0) is 6.42 Å². The Bertz CT molecular complexity index is 325. The average Bonchev–Trinajstić information content (AvgIpc) is 2.30. The first-order valence-electron chi connectivity index (χ1n) is 6.14. The highest BCUT2D eigenvalue weighted by molar-refractivity contribution is 5.28. The first kappa shape index (κ1) is 11.5. The van der Waals surface area contributed by atoms with E-state index in [0.717, 1.165) is 12.2 Å². The normalized spacial score (nSPS) is 19.4. The van der Waals surface area contributed by atoms with Gasteiger partial charge in [0.05, 0.1) is 7.11 Å². The van der Waals surface area contributed by atoms with Gasteiger partial charge in [0.1, 0.15) is 5.75 Å². The van der Waals surface area contributed by atoms with Crippen molar-refractivity contribution >= 4 is 0 Å². The third-order valence-electron chi connectivity index (χ3n) is 3.56. The standard InChI is InChI=1S/C14H21NO/c1-16-13-7-5-12(6-8-13)11-14(15)9-3-2-4-10-14/h5-8H,2-4,9-11,15H2,1H3. The van der Waals surface area contributed by atoms with Crippen LogP contribution < -0.4 is 10.5 Å². The number of methoxy groups -OCH3 is 1. The summed E-state index contributed by atoms with van der Waals surface area (Å²) in [5.74, 6) is 0.915. The number of rotatable bonds is 3. The van der Waals surface area contributed by atoms with E-state index in [0.29, 0.717) is 0 Å². The van der Waals surface area contributed by atoms with Crippen LogP contribution in [0.25, 0.3) is 0 Å². The summed E-state index contributed by atoms with van der Waals surface area (Å²) in [7, 11) is 1.70. The molecule has 0 bridgehead atoms. The molecular weight excluding hydrogens is 198 g/mol. The summed E-state index contributed by atoms with van der Waals surface area (Å²) in [6, 6.07) is 8.28. The maximum atomic E-state index is 6.43. The van der Waals surface area contributed by atoms with E-state index in [1.54, 1.807) is 7.11 Å². The molecule has 2 nitrogen and oxygen atoms in total. The molecule has 1 aliphatic carbocycles. The second-order valence-corrected chi connectivity index (χ2v) is 4.95. The lowest BCUT2D eigenvalue weighted by Crippen LogP contribution is -2.43. The highest BCUT2D eigenvalue weighted by Gasteiger charge is 2.27. The Hall–Kier alpha value is -1.02. The van der Waals surface area contributed by atoms with Gasteiger partial charge in [-0.3, -0.25) is 0 Å². The summed E-state index contributed by atoms with van der Waals surface area (Å²) >= 11 is 0. The first-order valence-corrected chi connectivity index (χ1v) is 6.14. The largest absolute Gasteiger partial charge is 0.497 e. The van der Waals surface area contributed by atoms with Crippen molar-refractivity contribution in [2.45, 2.75) is 44.1 Å². The third kappa shape index (κ3) is 2.76. The summed E-state index contributed by atoms with van der Waals surface area (Å²) in [6.45, 7) is 0. The quantitative estimate of drug-likeness (QED) is 0.848. The topological polar surface area (TPSA) is 35.2 Å². The van der Waals surface area contributed by atoms with Crippen LogP contribution in [0.4, 0.5) is 0 Å². The molecule has 0 aromatic heterocycles. The molecule has 1 aliphatic rings. The van der Waals surface area contributed by atoms with Crippen molar-refractivity contribution in [1.82, 2.24) is 0 Å². The fourth-order valence-electron chi connectivity index (χ4n) is 2.58. The van der Waals surface area contributed by atoms with Crippen LogP contribution in [0.3, 0.4) is 0 Å². The second kappa shape index (κ2) is 4.88. The molecule has 2 rings (SSSR count). The maximum Gasteiger partial charge on any atom is 0.118 e. The van der Waals surface area contributed by atoms with Crippen molar-refractivity contribution in [2.24, 2.45) is 5.73 Å². The van der Waals surface area contributed by atoms with Crippen LogP contribution >= 0.6 is 0 Å². The molecule has 0 unspecified atom stereocenters. The van der Waals surface area contributed by atoms with E-state index in [9.17, 15) is 0 Å². The van der Waals surface area contributed by atoms with Crippen molar-refractivity contribution in [3.8, 4) is 5.75 Å². The van der Waals surface area contributed by atoms with Crippen LogP contribution in [0.5, 0.6) is 5.75 Å². The van der Waals surface area contributed by atoms with Gasteiger partial charge < -0.3 is 10.5 Å². The zero-order valence-electron chi connectivity index (χ0n) is 10.0. The number of nitrogens with two attached hydrogens (primary N) is 1. The Morgan fingerprint density at radius 3 is 2.31 bits per heavy atom. The van der Waals surface area contributed by atoms with Gasteiger partial charge in [0.25, 0.3) is 0 Å². The van der Waals surface area contributed by atoms with E-state index in [4.69, 9.17) is 10.5 Å². The van der Waals surface area contributed by atoms with E-state index in [1.165, 1.54) is 37.7 Å². The fraction of sp³-hybridized carbons (Fsp3) is 0.571. The lowest BCUT2D eigenvalue weighted by atomic mass is 9.78. The second-order valence-electron chi connectivity index (χ2n) is 4.95. The number of hydrogen-bond acceptors (Lipinski definition) is 2. The van der Waals surface area contributed by atoms with Gasteiger partial charge in [0.15, 0.2) is 0 Å². The van der Waals surface area contributed by atoms with Crippen molar-refractivity contribution in [3.05, 3.63) is 29.8 Å². The lowest BCUT2D eigenvalue weighted by Gasteiger charge is -2.33. The predicted octanol–water partition coefficient (Wildman–Crippen LogP) is 2.90. The molecule has 88 valence electrons. The average molecular weight is 219 g/mol. The van der Waals surface area contributed by atoms with Crippen LogP contribution in [-0.4, -0.2) is 12.6 Å². The van der Waals surface area contributed by atoms with E-state index >= 15 is 0 Å². The van der Waals surface area contributed by atoms with Crippen LogP contribution in [0.1, 0.15) is 37.7 Å². The highest BCUT2D eigenvalue weighted by Crippen LogP contribution is 2.29. The van der Waals surface area contributed by atoms with Gasteiger partial charge >= 0.3 is 0 Å². The molecule has 16 heavy (non-hydrogen) atoms. The van der Waals surface area contributed by atoms with Gasteiger partial charge in [-0.25, -0.2) is 0 Å². The zero-order chi connectivity index (χ0) is 11.4. The summed E-state index contributed by atoms with van der Waals surface area (Å²) in [5.41, 5.74) is 7.79. The van der Waals surface area contributed by atoms with Crippen LogP contribution in [0.2, 0.25) is 0 Å². The first-order chi connectivity index (χ1) is 7.72. The van der Waals surface area contributed by atoms with Crippen molar-refractivity contribution in [3.63, 3.8) is 0 Å². The molecule has 2 N–H and O–H groups in total. The molecule has 0 amide bonds. The van der Waals surface area contributed by atoms with E-state index < -0.39 is 0 Å². The summed E-state index contributed by atoms with van der Waals surface area (Å²) in [5, 5.41) is 0. The molecule has 0 spiro atoms. The van der Waals surface area contributed by atoms with Crippen molar-refractivity contribution < 1.29 is 4.74 Å².